The molecule has 2 N–H and O–H groups in total. The van der Waals surface area contributed by atoms with Crippen LogP contribution in [0.3, 0.4) is 0 Å². The summed E-state index contributed by atoms with van der Waals surface area (Å²) in [5, 5.41) is 9.17. The number of benzene rings is 2. The molecule has 3 aromatic heterocycles. The Morgan fingerprint density at radius 1 is 1.06 bits per heavy atom. The average Bonchev–Trinajstić information content (AvgIpc) is 3.51. The Morgan fingerprint density at radius 2 is 1.94 bits per heavy atom. The largest absolute Gasteiger partial charge is 0.493 e. The van der Waals surface area contributed by atoms with Gasteiger partial charge in [0.25, 0.3) is 5.78 Å². The van der Waals surface area contributed by atoms with Crippen molar-refractivity contribution >= 4 is 22.5 Å². The normalized spacial score (nSPS) is 12.2. The van der Waals surface area contributed by atoms with Gasteiger partial charge in [0.1, 0.15) is 12.1 Å². The van der Waals surface area contributed by atoms with Gasteiger partial charge in [-0.05, 0) is 24.1 Å². The van der Waals surface area contributed by atoms with E-state index in [1.54, 1.807) is 18.7 Å². The van der Waals surface area contributed by atoms with E-state index in [1.807, 2.05) is 18.2 Å². The van der Waals surface area contributed by atoms with E-state index < -0.39 is 0 Å². The molecule has 0 aliphatic carbocycles. The van der Waals surface area contributed by atoms with Gasteiger partial charge in [0, 0.05) is 46.9 Å². The van der Waals surface area contributed by atoms with Gasteiger partial charge in [-0.2, -0.15) is 14.6 Å². The fourth-order valence-electron chi connectivity index (χ4n) is 4.53. The number of rotatable bonds is 9. The van der Waals surface area contributed by atoms with Gasteiger partial charge in [0.2, 0.25) is 0 Å². The van der Waals surface area contributed by atoms with E-state index in [2.05, 4.69) is 68.8 Å². The summed E-state index contributed by atoms with van der Waals surface area (Å²) in [6.45, 7) is 2.75. The van der Waals surface area contributed by atoms with Gasteiger partial charge in [0.05, 0.1) is 14.2 Å². The third-order valence-corrected chi connectivity index (χ3v) is 6.10. The summed E-state index contributed by atoms with van der Waals surface area (Å²) in [4.78, 5) is 12.3. The van der Waals surface area contributed by atoms with Crippen molar-refractivity contribution in [3.05, 3.63) is 77.9 Å². The number of para-hydroxylation sites is 2. The zero-order chi connectivity index (χ0) is 23.5. The molecule has 1 atom stereocenters. The van der Waals surface area contributed by atoms with Crippen molar-refractivity contribution in [3.63, 3.8) is 0 Å². The Kier molecular flexibility index (Phi) is 6.03. The lowest BCUT2D eigenvalue weighted by atomic mass is 9.90. The number of ether oxygens (including phenoxy) is 2. The quantitative estimate of drug-likeness (QED) is 0.331. The van der Waals surface area contributed by atoms with Crippen LogP contribution < -0.4 is 14.8 Å². The molecule has 0 spiro atoms. The Balaban J connectivity index is 1.60. The Bertz CT molecular complexity index is 1420. The van der Waals surface area contributed by atoms with Crippen LogP contribution in [0.1, 0.15) is 36.1 Å². The number of hydrogen-bond donors (Lipinski definition) is 2. The van der Waals surface area contributed by atoms with E-state index in [4.69, 9.17) is 9.47 Å². The highest BCUT2D eigenvalue weighted by Crippen LogP contribution is 2.40. The van der Waals surface area contributed by atoms with Crippen LogP contribution in [0.15, 0.2) is 61.1 Å². The minimum Gasteiger partial charge on any atom is -0.493 e. The van der Waals surface area contributed by atoms with Crippen LogP contribution in [0.2, 0.25) is 0 Å². The van der Waals surface area contributed by atoms with Crippen molar-refractivity contribution in [2.75, 3.05) is 26.1 Å². The first-order chi connectivity index (χ1) is 16.7. The van der Waals surface area contributed by atoms with Crippen molar-refractivity contribution in [2.45, 2.75) is 25.7 Å². The summed E-state index contributed by atoms with van der Waals surface area (Å²) in [5.74, 6) is 2.86. The molecule has 5 rings (SSSR count). The SMILES string of the molecule is CCCc1cc(NCC(c2cccc(OC)c2OC)c2c[nH]c3ccccc23)n2ncnc2n1. The molecule has 0 radical (unpaired) electrons. The Labute approximate surface area is 198 Å². The smallest absolute Gasteiger partial charge is 0.254 e. The van der Waals surface area contributed by atoms with Gasteiger partial charge < -0.3 is 19.8 Å². The van der Waals surface area contributed by atoms with Crippen LogP contribution >= 0.6 is 0 Å². The minimum atomic E-state index is -0.0254. The number of nitrogens with zero attached hydrogens (tertiary/aromatic N) is 4. The summed E-state index contributed by atoms with van der Waals surface area (Å²) in [6.07, 6.45) is 5.50. The fraction of sp³-hybridized carbons (Fsp3) is 0.269. The fourth-order valence-corrected chi connectivity index (χ4v) is 4.53. The number of anilines is 1. The number of aromatic nitrogens is 5. The third-order valence-electron chi connectivity index (χ3n) is 6.10. The molecule has 1 unspecified atom stereocenters. The number of nitrogens with one attached hydrogen (secondary N) is 2. The molecule has 2 aromatic carbocycles. The summed E-state index contributed by atoms with van der Waals surface area (Å²) in [7, 11) is 3.34. The molecule has 3 heterocycles. The summed E-state index contributed by atoms with van der Waals surface area (Å²) in [6, 6.07) is 16.4. The number of fused-ring (bicyclic) bond motifs is 2. The maximum atomic E-state index is 5.82. The van der Waals surface area contributed by atoms with Crippen molar-refractivity contribution < 1.29 is 9.47 Å². The lowest BCUT2D eigenvalue weighted by Gasteiger charge is -2.22. The van der Waals surface area contributed by atoms with Crippen molar-refractivity contribution in [2.24, 2.45) is 0 Å². The lowest BCUT2D eigenvalue weighted by Crippen LogP contribution is -2.17. The Hall–Kier alpha value is -4.07. The van der Waals surface area contributed by atoms with E-state index in [0.717, 1.165) is 41.2 Å². The minimum absolute atomic E-state index is 0.0254. The van der Waals surface area contributed by atoms with Crippen LogP contribution in [0.4, 0.5) is 5.82 Å². The molecule has 8 heteroatoms. The molecule has 0 fully saturated rings. The van der Waals surface area contributed by atoms with E-state index in [0.29, 0.717) is 18.1 Å². The zero-order valence-electron chi connectivity index (χ0n) is 19.6. The van der Waals surface area contributed by atoms with Gasteiger partial charge in [0.15, 0.2) is 11.5 Å². The average molecular weight is 457 g/mol. The van der Waals surface area contributed by atoms with E-state index in [-0.39, 0.29) is 5.92 Å². The topological polar surface area (TPSA) is 89.4 Å². The molecule has 5 aromatic rings. The van der Waals surface area contributed by atoms with Crippen LogP contribution in [0.25, 0.3) is 16.7 Å². The molecule has 8 nitrogen and oxygen atoms in total. The zero-order valence-corrected chi connectivity index (χ0v) is 19.6. The summed E-state index contributed by atoms with van der Waals surface area (Å²) >= 11 is 0. The first kappa shape index (κ1) is 21.8. The van der Waals surface area contributed by atoms with Gasteiger partial charge >= 0.3 is 0 Å². The van der Waals surface area contributed by atoms with Crippen molar-refractivity contribution in [1.29, 1.82) is 0 Å². The predicted molar refractivity (Wildman–Crippen MR) is 133 cm³/mol. The molecule has 0 saturated carbocycles. The molecule has 0 bridgehead atoms. The van der Waals surface area contributed by atoms with Gasteiger partial charge in [-0.3, -0.25) is 0 Å². The van der Waals surface area contributed by atoms with Crippen LogP contribution in [0, 0.1) is 0 Å². The first-order valence-corrected chi connectivity index (χ1v) is 11.4. The summed E-state index contributed by atoms with van der Waals surface area (Å²) in [5.41, 5.74) is 4.30. The molecule has 174 valence electrons. The molecular weight excluding hydrogens is 428 g/mol. The highest BCUT2D eigenvalue weighted by atomic mass is 16.5. The molecule has 0 aliphatic rings. The molecule has 0 amide bonds. The highest BCUT2D eigenvalue weighted by Gasteiger charge is 2.24. The number of aryl methyl sites for hydroxylation is 1. The Morgan fingerprint density at radius 3 is 2.76 bits per heavy atom. The molecule has 0 aliphatic heterocycles. The maximum absolute atomic E-state index is 5.82. The first-order valence-electron chi connectivity index (χ1n) is 11.4. The predicted octanol–water partition coefficient (Wildman–Crippen LogP) is 4.82. The number of methoxy groups -OCH3 is 2. The van der Waals surface area contributed by atoms with Gasteiger partial charge in [-0.15, -0.1) is 0 Å². The molecule has 0 saturated heterocycles. The van der Waals surface area contributed by atoms with Crippen molar-refractivity contribution in [1.82, 2.24) is 24.6 Å². The van der Waals surface area contributed by atoms with Crippen LogP contribution in [0.5, 0.6) is 11.5 Å². The third kappa shape index (κ3) is 3.91. The van der Waals surface area contributed by atoms with Crippen LogP contribution in [-0.4, -0.2) is 45.3 Å². The molecular formula is C26H28N6O2. The summed E-state index contributed by atoms with van der Waals surface area (Å²) < 4.78 is 13.2. The number of aromatic amines is 1. The highest BCUT2D eigenvalue weighted by molar-refractivity contribution is 5.84. The molecule has 34 heavy (non-hydrogen) atoms. The number of hydrogen-bond acceptors (Lipinski definition) is 6. The van der Waals surface area contributed by atoms with Gasteiger partial charge in [-0.1, -0.05) is 43.7 Å². The van der Waals surface area contributed by atoms with E-state index in [9.17, 15) is 0 Å². The maximum Gasteiger partial charge on any atom is 0.254 e. The second-order valence-electron chi connectivity index (χ2n) is 8.16. The van der Waals surface area contributed by atoms with Crippen molar-refractivity contribution in [3.8, 4) is 11.5 Å². The van der Waals surface area contributed by atoms with Crippen LogP contribution in [-0.2, 0) is 6.42 Å². The standard InChI is InChI=1S/C26H28N6O2/c1-4-8-17-13-24(32-26(31-17)29-16-30-32)28-15-21(19-10-7-12-23(33-2)25(19)34-3)20-14-27-22-11-6-5-9-18(20)22/h5-7,9-14,16,21,27-28H,4,8,15H2,1-3H3. The second-order valence-corrected chi connectivity index (χ2v) is 8.16. The lowest BCUT2D eigenvalue weighted by molar-refractivity contribution is 0.350. The monoisotopic (exact) mass is 456 g/mol. The second kappa shape index (κ2) is 9.43. The number of H-pyrrole nitrogens is 1. The van der Waals surface area contributed by atoms with Gasteiger partial charge in [-0.25, -0.2) is 4.98 Å². The van der Waals surface area contributed by atoms with E-state index in [1.165, 1.54) is 17.3 Å². The van der Waals surface area contributed by atoms with E-state index >= 15 is 0 Å².